The zero-order valence-corrected chi connectivity index (χ0v) is 11.1. The van der Waals surface area contributed by atoms with E-state index in [-0.39, 0.29) is 11.8 Å². The number of hydroxylamine groups is 2. The van der Waals surface area contributed by atoms with Crippen molar-refractivity contribution in [1.29, 1.82) is 0 Å². The minimum atomic E-state index is -0.542. The molecule has 0 bridgehead atoms. The Hall–Kier alpha value is -1.10. The highest BCUT2D eigenvalue weighted by Crippen LogP contribution is 2.14. The summed E-state index contributed by atoms with van der Waals surface area (Å²) in [4.78, 5) is 28.9. The van der Waals surface area contributed by atoms with Crippen molar-refractivity contribution < 1.29 is 14.4 Å². The monoisotopic (exact) mass is 242 g/mol. The van der Waals surface area contributed by atoms with Gasteiger partial charge in [0.15, 0.2) is 0 Å². The van der Waals surface area contributed by atoms with Crippen LogP contribution in [-0.4, -0.2) is 36.1 Å². The molecule has 0 saturated carbocycles. The second-order valence-corrected chi connectivity index (χ2v) is 5.43. The van der Waals surface area contributed by atoms with Crippen LogP contribution in [0, 0.1) is 5.41 Å². The van der Waals surface area contributed by atoms with Gasteiger partial charge in [-0.15, -0.1) is 0 Å². The number of nitrogens with one attached hydrogen (secondary N) is 1. The van der Waals surface area contributed by atoms with E-state index in [1.54, 1.807) is 6.92 Å². The third kappa shape index (κ3) is 4.00. The molecule has 98 valence electrons. The molecule has 1 saturated heterocycles. The van der Waals surface area contributed by atoms with E-state index in [1.165, 1.54) is 5.06 Å². The van der Waals surface area contributed by atoms with Crippen LogP contribution >= 0.6 is 0 Å². The van der Waals surface area contributed by atoms with Gasteiger partial charge >= 0.3 is 0 Å². The largest absolute Gasteiger partial charge is 0.344 e. The molecular formula is C12H22N2O3. The predicted molar refractivity (Wildman–Crippen MR) is 64.0 cm³/mol. The maximum atomic E-state index is 11.9. The lowest BCUT2D eigenvalue weighted by atomic mass is 9.95. The average molecular weight is 242 g/mol. The van der Waals surface area contributed by atoms with Crippen LogP contribution in [0.3, 0.4) is 0 Å². The Morgan fingerprint density at radius 1 is 1.29 bits per heavy atom. The maximum absolute atomic E-state index is 11.9. The van der Waals surface area contributed by atoms with Crippen molar-refractivity contribution in [3.8, 4) is 0 Å². The smallest absolute Gasteiger partial charge is 0.268 e. The molecule has 0 aromatic carbocycles. The van der Waals surface area contributed by atoms with E-state index in [0.29, 0.717) is 13.2 Å². The SMILES string of the molecule is CC(NC(=O)C(C)(C)C)C(=O)N1CCCCO1. The van der Waals surface area contributed by atoms with Crippen LogP contribution in [0.15, 0.2) is 0 Å². The van der Waals surface area contributed by atoms with Crippen LogP contribution < -0.4 is 5.32 Å². The molecule has 5 nitrogen and oxygen atoms in total. The van der Waals surface area contributed by atoms with Crippen molar-refractivity contribution in [3.05, 3.63) is 0 Å². The van der Waals surface area contributed by atoms with Gasteiger partial charge in [0, 0.05) is 12.0 Å². The third-order valence-corrected chi connectivity index (χ3v) is 2.65. The van der Waals surface area contributed by atoms with Gasteiger partial charge in [-0.05, 0) is 19.8 Å². The summed E-state index contributed by atoms with van der Waals surface area (Å²) in [7, 11) is 0. The number of amides is 2. The molecular weight excluding hydrogens is 220 g/mol. The quantitative estimate of drug-likeness (QED) is 0.788. The minimum absolute atomic E-state index is 0.129. The number of carbonyl (C=O) groups is 2. The molecule has 1 aliphatic heterocycles. The van der Waals surface area contributed by atoms with E-state index in [1.807, 2.05) is 20.8 Å². The zero-order valence-electron chi connectivity index (χ0n) is 11.1. The van der Waals surface area contributed by atoms with Crippen molar-refractivity contribution in [2.45, 2.75) is 46.6 Å². The number of carbonyl (C=O) groups excluding carboxylic acids is 2. The molecule has 1 heterocycles. The molecule has 0 aliphatic carbocycles. The molecule has 2 amide bonds. The molecule has 0 aromatic heterocycles. The molecule has 0 spiro atoms. The first kappa shape index (κ1) is 14.0. The standard InChI is InChI=1S/C12H22N2O3/c1-9(13-11(16)12(2,3)4)10(15)14-7-5-6-8-17-14/h9H,5-8H2,1-4H3,(H,13,16). The summed E-state index contributed by atoms with van der Waals surface area (Å²) in [5, 5.41) is 4.06. The minimum Gasteiger partial charge on any atom is -0.344 e. The van der Waals surface area contributed by atoms with Crippen molar-refractivity contribution in [2.75, 3.05) is 13.2 Å². The van der Waals surface area contributed by atoms with Crippen LogP contribution in [-0.2, 0) is 14.4 Å². The van der Waals surface area contributed by atoms with Gasteiger partial charge in [-0.3, -0.25) is 14.4 Å². The van der Waals surface area contributed by atoms with Crippen LogP contribution in [0.4, 0.5) is 0 Å². The van der Waals surface area contributed by atoms with Gasteiger partial charge in [-0.2, -0.15) is 0 Å². The van der Waals surface area contributed by atoms with E-state index >= 15 is 0 Å². The van der Waals surface area contributed by atoms with Gasteiger partial charge in [0.25, 0.3) is 5.91 Å². The molecule has 1 N–H and O–H groups in total. The number of rotatable bonds is 2. The van der Waals surface area contributed by atoms with E-state index < -0.39 is 11.5 Å². The summed E-state index contributed by atoms with van der Waals surface area (Å²) >= 11 is 0. The highest BCUT2D eigenvalue weighted by molar-refractivity contribution is 5.88. The lowest BCUT2D eigenvalue weighted by Gasteiger charge is -2.29. The summed E-state index contributed by atoms with van der Waals surface area (Å²) in [5.74, 6) is -0.308. The second-order valence-electron chi connectivity index (χ2n) is 5.43. The van der Waals surface area contributed by atoms with Crippen LogP contribution in [0.2, 0.25) is 0 Å². The van der Waals surface area contributed by atoms with Gasteiger partial charge < -0.3 is 5.32 Å². The number of hydrogen-bond donors (Lipinski definition) is 1. The van der Waals surface area contributed by atoms with Crippen molar-refractivity contribution in [3.63, 3.8) is 0 Å². The third-order valence-electron chi connectivity index (χ3n) is 2.65. The Morgan fingerprint density at radius 3 is 2.41 bits per heavy atom. The normalized spacial score (nSPS) is 18.7. The van der Waals surface area contributed by atoms with Gasteiger partial charge in [-0.25, -0.2) is 5.06 Å². The van der Waals surface area contributed by atoms with E-state index in [9.17, 15) is 9.59 Å². The van der Waals surface area contributed by atoms with Crippen LogP contribution in [0.1, 0.15) is 40.5 Å². The highest BCUT2D eigenvalue weighted by atomic mass is 16.7. The van der Waals surface area contributed by atoms with E-state index in [0.717, 1.165) is 12.8 Å². The summed E-state index contributed by atoms with van der Waals surface area (Å²) < 4.78 is 0. The summed E-state index contributed by atoms with van der Waals surface area (Å²) in [6, 6.07) is -0.542. The number of hydrogen-bond acceptors (Lipinski definition) is 3. The lowest BCUT2D eigenvalue weighted by Crippen LogP contribution is -2.50. The molecule has 1 atom stereocenters. The first-order valence-corrected chi connectivity index (χ1v) is 6.07. The maximum Gasteiger partial charge on any atom is 0.268 e. The fraction of sp³-hybridized carbons (Fsp3) is 0.833. The first-order valence-electron chi connectivity index (χ1n) is 6.07. The van der Waals surface area contributed by atoms with Gasteiger partial charge in [0.05, 0.1) is 6.61 Å². The topological polar surface area (TPSA) is 58.6 Å². The van der Waals surface area contributed by atoms with Crippen LogP contribution in [0.5, 0.6) is 0 Å². The highest BCUT2D eigenvalue weighted by Gasteiger charge is 2.28. The second kappa shape index (κ2) is 5.49. The average Bonchev–Trinajstić information content (AvgIpc) is 2.27. The van der Waals surface area contributed by atoms with E-state index in [2.05, 4.69) is 5.32 Å². The predicted octanol–water partition coefficient (Wildman–Crippen LogP) is 1.09. The summed E-state index contributed by atoms with van der Waals surface area (Å²) in [6.07, 6.45) is 1.93. The summed E-state index contributed by atoms with van der Waals surface area (Å²) in [6.45, 7) is 8.31. The Kier molecular flexibility index (Phi) is 4.51. The van der Waals surface area contributed by atoms with Gasteiger partial charge in [0.2, 0.25) is 5.91 Å². The van der Waals surface area contributed by atoms with E-state index in [4.69, 9.17) is 4.84 Å². The molecule has 1 fully saturated rings. The Morgan fingerprint density at radius 2 is 1.94 bits per heavy atom. The van der Waals surface area contributed by atoms with Gasteiger partial charge in [0.1, 0.15) is 6.04 Å². The zero-order chi connectivity index (χ0) is 13.1. The Balaban J connectivity index is 2.49. The summed E-state index contributed by atoms with van der Waals surface area (Å²) in [5.41, 5.74) is -0.489. The fourth-order valence-corrected chi connectivity index (χ4v) is 1.46. The lowest BCUT2D eigenvalue weighted by molar-refractivity contribution is -0.199. The molecule has 1 unspecified atom stereocenters. The van der Waals surface area contributed by atoms with Crippen molar-refractivity contribution in [2.24, 2.45) is 5.41 Å². The first-order chi connectivity index (χ1) is 7.82. The molecule has 5 heteroatoms. The number of nitrogens with zero attached hydrogens (tertiary/aromatic N) is 1. The van der Waals surface area contributed by atoms with Crippen LogP contribution in [0.25, 0.3) is 0 Å². The van der Waals surface area contributed by atoms with Crippen molar-refractivity contribution in [1.82, 2.24) is 10.4 Å². The molecule has 0 aromatic rings. The fourth-order valence-electron chi connectivity index (χ4n) is 1.46. The molecule has 0 radical (unpaired) electrons. The Bertz CT molecular complexity index is 291. The molecule has 1 aliphatic rings. The van der Waals surface area contributed by atoms with Crippen molar-refractivity contribution >= 4 is 11.8 Å². The molecule has 17 heavy (non-hydrogen) atoms. The van der Waals surface area contributed by atoms with Gasteiger partial charge in [-0.1, -0.05) is 20.8 Å². The Labute approximate surface area is 102 Å². The molecule has 1 rings (SSSR count).